The summed E-state index contributed by atoms with van der Waals surface area (Å²) >= 11 is 0. The smallest absolute Gasteiger partial charge is 0.387 e. The molecule has 5 nitrogen and oxygen atoms in total. The first-order valence-corrected chi connectivity index (χ1v) is 7.48. The zero-order chi connectivity index (χ0) is 16.7. The SMILES string of the molecule is C=C1CN(S(=O)(=O)c2ccc(C(F)(F)F)cc2C#N)C[C@H]1O. The van der Waals surface area contributed by atoms with Crippen LogP contribution in [0, 0.1) is 11.3 Å². The summed E-state index contributed by atoms with van der Waals surface area (Å²) < 4.78 is 63.6. The highest BCUT2D eigenvalue weighted by atomic mass is 32.2. The third kappa shape index (κ3) is 2.85. The zero-order valence-corrected chi connectivity index (χ0v) is 11.9. The Bertz CT molecular complexity index is 766. The Balaban J connectivity index is 2.49. The Kier molecular flexibility index (Phi) is 4.04. The van der Waals surface area contributed by atoms with Gasteiger partial charge in [-0.3, -0.25) is 0 Å². The number of nitriles is 1. The van der Waals surface area contributed by atoms with Gasteiger partial charge in [-0.05, 0) is 23.8 Å². The average molecular weight is 332 g/mol. The van der Waals surface area contributed by atoms with Crippen molar-refractivity contribution in [2.75, 3.05) is 13.1 Å². The molecule has 1 heterocycles. The van der Waals surface area contributed by atoms with Crippen LogP contribution in [0.5, 0.6) is 0 Å². The van der Waals surface area contributed by atoms with Crippen LogP contribution in [0.15, 0.2) is 35.2 Å². The average Bonchev–Trinajstić information content (AvgIpc) is 2.77. The largest absolute Gasteiger partial charge is 0.416 e. The van der Waals surface area contributed by atoms with E-state index in [1.165, 1.54) is 6.07 Å². The van der Waals surface area contributed by atoms with Crippen molar-refractivity contribution in [2.45, 2.75) is 17.2 Å². The monoisotopic (exact) mass is 332 g/mol. The lowest BCUT2D eigenvalue weighted by molar-refractivity contribution is -0.137. The van der Waals surface area contributed by atoms with Crippen molar-refractivity contribution in [1.29, 1.82) is 5.26 Å². The van der Waals surface area contributed by atoms with Crippen LogP contribution < -0.4 is 0 Å². The maximum absolute atomic E-state index is 12.6. The van der Waals surface area contributed by atoms with E-state index in [4.69, 9.17) is 5.26 Å². The molecule has 1 N–H and O–H groups in total. The second-order valence-electron chi connectivity index (χ2n) is 4.79. The normalized spacial score (nSPS) is 20.1. The molecule has 0 amide bonds. The molecule has 1 fully saturated rings. The fourth-order valence-corrected chi connectivity index (χ4v) is 3.63. The summed E-state index contributed by atoms with van der Waals surface area (Å²) in [6.45, 7) is 3.13. The van der Waals surface area contributed by atoms with E-state index < -0.39 is 38.3 Å². The van der Waals surface area contributed by atoms with Gasteiger partial charge in [0.2, 0.25) is 10.0 Å². The van der Waals surface area contributed by atoms with Crippen molar-refractivity contribution in [1.82, 2.24) is 4.31 Å². The third-order valence-corrected chi connectivity index (χ3v) is 5.14. The summed E-state index contributed by atoms with van der Waals surface area (Å²) in [7, 11) is -4.19. The molecule has 1 aromatic rings. The molecule has 1 aliphatic heterocycles. The maximum atomic E-state index is 12.6. The van der Waals surface area contributed by atoms with Crippen LogP contribution in [0.3, 0.4) is 0 Å². The minimum atomic E-state index is -4.67. The van der Waals surface area contributed by atoms with Gasteiger partial charge in [0.25, 0.3) is 0 Å². The number of hydrogen-bond acceptors (Lipinski definition) is 4. The van der Waals surface area contributed by atoms with Crippen LogP contribution in [-0.2, 0) is 16.2 Å². The first-order chi connectivity index (χ1) is 10.1. The van der Waals surface area contributed by atoms with Gasteiger partial charge in [-0.1, -0.05) is 6.58 Å². The molecule has 0 unspecified atom stereocenters. The highest BCUT2D eigenvalue weighted by Gasteiger charge is 2.37. The number of halogens is 3. The van der Waals surface area contributed by atoms with Crippen molar-refractivity contribution in [3.05, 3.63) is 41.5 Å². The summed E-state index contributed by atoms with van der Waals surface area (Å²) in [5, 5.41) is 18.5. The van der Waals surface area contributed by atoms with Gasteiger partial charge in [0.1, 0.15) is 6.07 Å². The molecule has 0 aliphatic carbocycles. The van der Waals surface area contributed by atoms with E-state index in [9.17, 15) is 26.7 Å². The summed E-state index contributed by atoms with van der Waals surface area (Å²) in [4.78, 5) is -0.523. The highest BCUT2D eigenvalue weighted by Crippen LogP contribution is 2.33. The predicted molar refractivity (Wildman–Crippen MR) is 70.1 cm³/mol. The summed E-state index contributed by atoms with van der Waals surface area (Å²) in [5.74, 6) is 0. The lowest BCUT2D eigenvalue weighted by Crippen LogP contribution is -2.30. The minimum Gasteiger partial charge on any atom is -0.387 e. The number of aliphatic hydroxyl groups is 1. The topological polar surface area (TPSA) is 81.4 Å². The Labute approximate surface area is 124 Å². The van der Waals surface area contributed by atoms with Gasteiger partial charge in [-0.2, -0.15) is 22.7 Å². The van der Waals surface area contributed by atoms with Gasteiger partial charge >= 0.3 is 6.18 Å². The predicted octanol–water partition coefficient (Wildman–Crippen LogP) is 1.50. The van der Waals surface area contributed by atoms with Gasteiger partial charge in [0, 0.05) is 13.1 Å². The third-order valence-electron chi connectivity index (χ3n) is 3.27. The van der Waals surface area contributed by atoms with Crippen LogP contribution in [0.25, 0.3) is 0 Å². The quantitative estimate of drug-likeness (QED) is 0.832. The number of hydrogen-bond donors (Lipinski definition) is 1. The second kappa shape index (κ2) is 5.39. The molecule has 2 rings (SSSR count). The van der Waals surface area contributed by atoms with E-state index in [2.05, 4.69) is 6.58 Å². The summed E-state index contributed by atoms with van der Waals surface area (Å²) in [5.41, 5.74) is -1.41. The number of aliphatic hydroxyl groups excluding tert-OH is 1. The van der Waals surface area contributed by atoms with Gasteiger partial charge in [0.15, 0.2) is 0 Å². The Morgan fingerprint density at radius 2 is 2.05 bits per heavy atom. The van der Waals surface area contributed by atoms with Crippen LogP contribution >= 0.6 is 0 Å². The summed E-state index contributed by atoms with van der Waals surface area (Å²) in [6, 6.07) is 3.32. The Morgan fingerprint density at radius 3 is 2.50 bits per heavy atom. The molecular weight excluding hydrogens is 321 g/mol. The van der Waals surface area contributed by atoms with E-state index in [-0.39, 0.29) is 18.7 Å². The van der Waals surface area contributed by atoms with Crippen LogP contribution in [-0.4, -0.2) is 37.0 Å². The van der Waals surface area contributed by atoms with Gasteiger partial charge < -0.3 is 5.11 Å². The maximum Gasteiger partial charge on any atom is 0.416 e. The van der Waals surface area contributed by atoms with Crippen molar-refractivity contribution in [3.8, 4) is 6.07 Å². The van der Waals surface area contributed by atoms with Gasteiger partial charge in [0.05, 0.1) is 22.1 Å². The number of alkyl halides is 3. The Hall–Kier alpha value is -1.89. The second-order valence-corrected chi connectivity index (χ2v) is 6.70. The number of benzene rings is 1. The van der Waals surface area contributed by atoms with Crippen molar-refractivity contribution in [3.63, 3.8) is 0 Å². The fourth-order valence-electron chi connectivity index (χ4n) is 2.06. The zero-order valence-electron chi connectivity index (χ0n) is 11.1. The molecule has 22 heavy (non-hydrogen) atoms. The van der Waals surface area contributed by atoms with Crippen molar-refractivity contribution < 1.29 is 26.7 Å². The van der Waals surface area contributed by atoms with E-state index in [1.54, 1.807) is 0 Å². The molecular formula is C13H11F3N2O3S. The molecule has 1 aromatic carbocycles. The molecule has 1 saturated heterocycles. The minimum absolute atomic E-state index is 0.143. The number of sulfonamides is 1. The fraction of sp³-hybridized carbons (Fsp3) is 0.308. The molecule has 0 saturated carbocycles. The van der Waals surface area contributed by atoms with Gasteiger partial charge in [-0.15, -0.1) is 0 Å². The number of β-amino-alcohol motifs (C(OH)–C–C–N with tert-alkyl or cyclic N) is 1. The lowest BCUT2D eigenvalue weighted by Gasteiger charge is -2.17. The van der Waals surface area contributed by atoms with Crippen LogP contribution in [0.2, 0.25) is 0 Å². The highest BCUT2D eigenvalue weighted by molar-refractivity contribution is 7.89. The lowest BCUT2D eigenvalue weighted by atomic mass is 10.1. The van der Waals surface area contributed by atoms with Crippen molar-refractivity contribution >= 4 is 10.0 Å². The van der Waals surface area contributed by atoms with Crippen LogP contribution in [0.1, 0.15) is 11.1 Å². The number of nitrogens with zero attached hydrogens (tertiary/aromatic N) is 2. The van der Waals surface area contributed by atoms with Gasteiger partial charge in [-0.25, -0.2) is 8.42 Å². The molecule has 1 aliphatic rings. The summed E-state index contributed by atoms with van der Waals surface area (Å²) in [6.07, 6.45) is -5.71. The van der Waals surface area contributed by atoms with Crippen LogP contribution in [0.4, 0.5) is 13.2 Å². The Morgan fingerprint density at radius 1 is 1.41 bits per heavy atom. The molecule has 9 heteroatoms. The number of rotatable bonds is 2. The molecule has 0 spiro atoms. The van der Waals surface area contributed by atoms with E-state index in [1.807, 2.05) is 0 Å². The molecule has 1 atom stereocenters. The first kappa shape index (κ1) is 16.5. The first-order valence-electron chi connectivity index (χ1n) is 6.04. The molecule has 118 valence electrons. The molecule has 0 bridgehead atoms. The standard InChI is InChI=1S/C13H11F3N2O3S/c1-8-6-18(7-11(8)19)22(20,21)12-3-2-10(13(14,15)16)4-9(12)5-17/h2-4,11,19H,1,6-7H2/t11-/m1/s1. The van der Waals surface area contributed by atoms with Crippen molar-refractivity contribution in [2.24, 2.45) is 0 Å². The molecule has 0 aromatic heterocycles. The van der Waals surface area contributed by atoms with E-state index in [0.29, 0.717) is 12.1 Å². The van der Waals surface area contributed by atoms with E-state index >= 15 is 0 Å². The van der Waals surface area contributed by atoms with E-state index in [0.717, 1.165) is 10.4 Å². The molecule has 0 radical (unpaired) electrons.